The third kappa shape index (κ3) is 3.22. The van der Waals surface area contributed by atoms with Gasteiger partial charge in [0.05, 0.1) is 13.0 Å². The van der Waals surface area contributed by atoms with Crippen LogP contribution in [0.15, 0.2) is 18.4 Å². The van der Waals surface area contributed by atoms with Gasteiger partial charge in [0, 0.05) is 13.0 Å². The molecule has 0 aromatic carbocycles. The van der Waals surface area contributed by atoms with Gasteiger partial charge < -0.3 is 23.7 Å². The molecule has 11 heteroatoms. The highest BCUT2D eigenvalue weighted by Crippen LogP contribution is 2.51. The molecule has 2 aromatic rings. The van der Waals surface area contributed by atoms with Crippen molar-refractivity contribution in [2.75, 3.05) is 13.7 Å². The van der Waals surface area contributed by atoms with Crippen LogP contribution in [0.5, 0.6) is 0 Å². The van der Waals surface area contributed by atoms with Crippen molar-refractivity contribution in [1.29, 1.82) is 10.7 Å². The molecule has 0 radical (unpaired) electrons. The van der Waals surface area contributed by atoms with Crippen LogP contribution in [0.3, 0.4) is 0 Å². The minimum Gasteiger partial charge on any atom is -0.463 e. The number of esters is 1. The van der Waals surface area contributed by atoms with Gasteiger partial charge in [0.25, 0.3) is 5.97 Å². The van der Waals surface area contributed by atoms with Crippen LogP contribution >= 0.6 is 0 Å². The van der Waals surface area contributed by atoms with E-state index in [0.717, 1.165) is 0 Å². The van der Waals surface area contributed by atoms with Gasteiger partial charge in [0.1, 0.15) is 42.8 Å². The molecule has 11 nitrogen and oxygen atoms in total. The maximum absolute atomic E-state index is 12.1. The van der Waals surface area contributed by atoms with Crippen molar-refractivity contribution in [3.8, 4) is 6.07 Å². The average Bonchev–Trinajstić information content (AvgIpc) is 3.42. The predicted octanol–water partition coefficient (Wildman–Crippen LogP) is 1.20. The Hall–Kier alpha value is -2.78. The molecule has 4 rings (SSSR count). The molecule has 172 valence electrons. The van der Waals surface area contributed by atoms with Crippen LogP contribution in [0.2, 0.25) is 0 Å². The molecule has 2 aromatic heterocycles. The van der Waals surface area contributed by atoms with Crippen LogP contribution < -0.4 is 5.49 Å². The Morgan fingerprint density at radius 1 is 1.44 bits per heavy atom. The molecule has 0 saturated carbocycles. The Kier molecular flexibility index (Phi) is 5.25. The number of nitrogens with one attached hydrogen (secondary N) is 2. The summed E-state index contributed by atoms with van der Waals surface area (Å²) in [5, 5.41) is 21.3. The first-order valence-electron chi connectivity index (χ1n) is 10.9. The first-order valence-corrected chi connectivity index (χ1v) is 10.4. The summed E-state index contributed by atoms with van der Waals surface area (Å²) in [6, 6.07) is 3.62. The van der Waals surface area contributed by atoms with Crippen LogP contribution in [0.25, 0.3) is 5.52 Å². The number of fused-ring (bicyclic) bond motifs is 2. The lowest BCUT2D eigenvalue weighted by Gasteiger charge is -2.34. The summed E-state index contributed by atoms with van der Waals surface area (Å²) in [6.07, 6.45) is -1.33. The fraction of sp³-hybridized carbons (Fsp3) is 0.619. The zero-order valence-electron chi connectivity index (χ0n) is 19.5. The van der Waals surface area contributed by atoms with Gasteiger partial charge in [-0.3, -0.25) is 19.8 Å². The van der Waals surface area contributed by atoms with Crippen molar-refractivity contribution in [3.05, 3.63) is 29.6 Å². The minimum absolute atomic E-state index is 0.00964. The fourth-order valence-electron chi connectivity index (χ4n) is 4.08. The molecule has 4 heterocycles. The number of aromatic nitrogens is 3. The summed E-state index contributed by atoms with van der Waals surface area (Å²) < 4.78 is 39.3. The highest BCUT2D eigenvalue weighted by Gasteiger charge is 2.68. The Labute approximate surface area is 186 Å². The lowest BCUT2D eigenvalue weighted by Crippen LogP contribution is -2.45. The Morgan fingerprint density at radius 2 is 2.19 bits per heavy atom. The maximum atomic E-state index is 12.1. The number of carbonyl (C=O) groups excluding carboxylic acids is 1. The lowest BCUT2D eigenvalue weighted by atomic mass is 9.92. The maximum Gasteiger partial charge on any atom is 0.308 e. The number of H-pyrrole nitrogens is 1. The number of rotatable bonds is 6. The highest BCUT2D eigenvalue weighted by atomic mass is 16.9. The van der Waals surface area contributed by atoms with Gasteiger partial charge in [-0.1, -0.05) is 27.7 Å². The zero-order chi connectivity index (χ0) is 24.1. The summed E-state index contributed by atoms with van der Waals surface area (Å²) in [6.45, 7) is 6.99. The van der Waals surface area contributed by atoms with E-state index in [4.69, 9.17) is 30.5 Å². The zero-order valence-corrected chi connectivity index (χ0v) is 18.5. The number of hydrogen-bond donors (Lipinski definition) is 2. The van der Waals surface area contributed by atoms with Crippen LogP contribution in [-0.2, 0) is 34.1 Å². The first-order chi connectivity index (χ1) is 15.6. The Bertz CT molecular complexity index is 1170. The third-order valence-electron chi connectivity index (χ3n) is 5.81. The van der Waals surface area contributed by atoms with Crippen LogP contribution in [0, 0.1) is 28.6 Å². The van der Waals surface area contributed by atoms with Crippen LogP contribution in [-0.4, -0.2) is 58.6 Å². The molecule has 2 saturated heterocycles. The van der Waals surface area contributed by atoms with Crippen molar-refractivity contribution in [1.82, 2.24) is 14.6 Å². The van der Waals surface area contributed by atoms with Gasteiger partial charge >= 0.3 is 5.97 Å². The van der Waals surface area contributed by atoms with Gasteiger partial charge in [-0.2, -0.15) is 5.26 Å². The first kappa shape index (κ1) is 21.1. The molecule has 1 unspecified atom stereocenters. The van der Waals surface area contributed by atoms with Crippen LogP contribution in [0.1, 0.15) is 34.8 Å². The normalized spacial score (nSPS) is 32.3. The second kappa shape index (κ2) is 7.97. The number of carbonyl (C=O) groups is 1. The molecule has 2 aliphatic heterocycles. The van der Waals surface area contributed by atoms with Crippen molar-refractivity contribution in [2.45, 2.75) is 57.6 Å². The molecule has 0 spiro atoms. The smallest absolute Gasteiger partial charge is 0.308 e. The quantitative estimate of drug-likeness (QED) is 0.630. The second-order valence-corrected chi connectivity index (χ2v) is 8.47. The van der Waals surface area contributed by atoms with Gasteiger partial charge in [-0.05, 0) is 12.1 Å². The molecule has 2 N–H and O–H groups in total. The number of methoxy groups -OCH3 is 1. The van der Waals surface area contributed by atoms with E-state index < -0.39 is 35.9 Å². The predicted molar refractivity (Wildman–Crippen MR) is 108 cm³/mol. The fourth-order valence-corrected chi connectivity index (χ4v) is 4.08. The summed E-state index contributed by atoms with van der Waals surface area (Å²) in [5.41, 5.74) is -1.46. The van der Waals surface area contributed by atoms with E-state index in [1.807, 2.05) is 13.8 Å². The largest absolute Gasteiger partial charge is 0.463 e. The van der Waals surface area contributed by atoms with E-state index in [1.165, 1.54) is 24.0 Å². The topological polar surface area (TPSA) is 144 Å². The van der Waals surface area contributed by atoms with Crippen molar-refractivity contribution < 1.29 is 29.8 Å². The van der Waals surface area contributed by atoms with Gasteiger partial charge in [0.2, 0.25) is 5.60 Å². The average molecular weight is 446 g/mol. The summed E-state index contributed by atoms with van der Waals surface area (Å²) in [4.78, 5) is 16.0. The standard InChI is InChI=1S/C21H27N5O6/c1-11(2)19(27)29-8-14-16-17(32-21(28-5,31-16)12(3)4)20(9-22,30-14)15-7-6-13-18(23)24-10-25-26(13)15/h6-7,10-12,14,16-17H,8H2,1-5H3,(H2,23,24,25)/t14-,16-,17-,20+,21?/m1/s1/i6D. The summed E-state index contributed by atoms with van der Waals surface area (Å²) >= 11 is 0. The van der Waals surface area contributed by atoms with Crippen molar-refractivity contribution >= 4 is 11.5 Å². The molecule has 5 atom stereocenters. The Morgan fingerprint density at radius 3 is 2.81 bits per heavy atom. The van der Waals surface area contributed by atoms with Gasteiger partial charge in [0.15, 0.2) is 5.49 Å². The molecule has 2 aliphatic rings. The molecule has 0 aliphatic carbocycles. The number of nitriles is 1. The minimum atomic E-state index is -1.75. The van der Waals surface area contributed by atoms with Crippen molar-refractivity contribution in [3.63, 3.8) is 0 Å². The van der Waals surface area contributed by atoms with E-state index in [2.05, 4.69) is 16.2 Å². The molecule has 32 heavy (non-hydrogen) atoms. The number of hydrogen-bond acceptors (Lipinski definition) is 9. The van der Waals surface area contributed by atoms with E-state index in [-0.39, 0.29) is 41.2 Å². The molecular weight excluding hydrogens is 418 g/mol. The number of ether oxygens (including phenoxy) is 5. The van der Waals surface area contributed by atoms with Crippen LogP contribution in [0.4, 0.5) is 0 Å². The van der Waals surface area contributed by atoms with E-state index in [0.29, 0.717) is 0 Å². The molecular formula is C21H27N5O6. The number of nitrogens with zero attached hydrogens (tertiary/aromatic N) is 3. The molecule has 2 fully saturated rings. The number of aromatic amines is 1. The lowest BCUT2D eigenvalue weighted by molar-refractivity contribution is -0.369. The van der Waals surface area contributed by atoms with E-state index >= 15 is 0 Å². The van der Waals surface area contributed by atoms with E-state index in [9.17, 15) is 10.1 Å². The third-order valence-corrected chi connectivity index (χ3v) is 5.81. The molecule has 0 amide bonds. The summed E-state index contributed by atoms with van der Waals surface area (Å²) in [7, 11) is 1.45. The van der Waals surface area contributed by atoms with E-state index in [1.54, 1.807) is 13.8 Å². The molecule has 0 bridgehead atoms. The van der Waals surface area contributed by atoms with Gasteiger partial charge in [-0.25, -0.2) is 4.98 Å². The summed E-state index contributed by atoms with van der Waals surface area (Å²) in [5.74, 6) is -2.43. The monoisotopic (exact) mass is 446 g/mol. The van der Waals surface area contributed by atoms with Crippen molar-refractivity contribution in [2.24, 2.45) is 11.8 Å². The Balaban J connectivity index is 1.83. The second-order valence-electron chi connectivity index (χ2n) is 8.47. The van der Waals surface area contributed by atoms with Gasteiger partial charge in [-0.15, -0.1) is 0 Å². The SMILES string of the molecule is [2H]c1cc([C@]2(C#N)O[C@H](COC(=O)C(C)C)[C@H]3OC(OC)(C(C)C)O[C@H]32)n2[nH]cnc(=N)c12. The highest BCUT2D eigenvalue weighted by molar-refractivity contribution is 5.71.